The first-order valence-electron chi connectivity index (χ1n) is 7.54. The molecule has 0 spiro atoms. The van der Waals surface area contributed by atoms with E-state index in [1.807, 2.05) is 12.4 Å². The second kappa shape index (κ2) is 6.99. The minimum atomic E-state index is 0.205. The monoisotopic (exact) mass is 277 g/mol. The van der Waals surface area contributed by atoms with Crippen LogP contribution in [0.25, 0.3) is 0 Å². The van der Waals surface area contributed by atoms with E-state index in [1.54, 1.807) is 0 Å². The lowest BCUT2D eigenvalue weighted by molar-refractivity contribution is 0.395. The van der Waals surface area contributed by atoms with E-state index in [2.05, 4.69) is 40.8 Å². The smallest absolute Gasteiger partial charge is 0.225 e. The van der Waals surface area contributed by atoms with Crippen LogP contribution in [0.5, 0.6) is 0 Å². The molecular weight excluding hydrogens is 250 g/mol. The average Bonchev–Trinajstić information content (AvgIpc) is 2.84. The van der Waals surface area contributed by atoms with Crippen molar-refractivity contribution in [1.82, 2.24) is 14.9 Å². The van der Waals surface area contributed by atoms with Crippen LogP contribution < -0.4 is 10.6 Å². The molecule has 5 heteroatoms. The number of hydrogen-bond donors (Lipinski definition) is 1. The van der Waals surface area contributed by atoms with Crippen molar-refractivity contribution in [2.75, 3.05) is 38.6 Å². The van der Waals surface area contributed by atoms with E-state index in [9.17, 15) is 0 Å². The van der Waals surface area contributed by atoms with E-state index < -0.39 is 0 Å². The van der Waals surface area contributed by atoms with Crippen molar-refractivity contribution < 1.29 is 0 Å². The highest BCUT2D eigenvalue weighted by atomic mass is 15.2. The fraction of sp³-hybridized carbons (Fsp3) is 0.733. The maximum Gasteiger partial charge on any atom is 0.225 e. The second-order valence-electron chi connectivity index (χ2n) is 6.06. The van der Waals surface area contributed by atoms with Crippen molar-refractivity contribution in [2.45, 2.75) is 32.2 Å². The van der Waals surface area contributed by atoms with Crippen molar-refractivity contribution in [2.24, 2.45) is 11.7 Å². The van der Waals surface area contributed by atoms with Gasteiger partial charge >= 0.3 is 0 Å². The van der Waals surface area contributed by atoms with Crippen LogP contribution in [0, 0.1) is 5.92 Å². The van der Waals surface area contributed by atoms with E-state index in [1.165, 1.54) is 19.5 Å². The summed E-state index contributed by atoms with van der Waals surface area (Å²) in [6.07, 6.45) is 6.93. The van der Waals surface area contributed by atoms with Crippen molar-refractivity contribution in [3.8, 4) is 0 Å². The van der Waals surface area contributed by atoms with Crippen molar-refractivity contribution in [1.29, 1.82) is 0 Å². The Bertz CT molecular complexity index is 405. The third kappa shape index (κ3) is 4.15. The quantitative estimate of drug-likeness (QED) is 0.845. The van der Waals surface area contributed by atoms with Gasteiger partial charge in [0.15, 0.2) is 0 Å². The van der Waals surface area contributed by atoms with E-state index in [4.69, 9.17) is 5.73 Å². The number of nitrogens with two attached hydrogens (primary N) is 1. The summed E-state index contributed by atoms with van der Waals surface area (Å²) in [4.78, 5) is 13.5. The van der Waals surface area contributed by atoms with Crippen LogP contribution in [0.4, 0.5) is 5.95 Å². The molecule has 1 aromatic heterocycles. The van der Waals surface area contributed by atoms with Crippen LogP contribution in [0.15, 0.2) is 12.4 Å². The molecule has 1 saturated heterocycles. The van der Waals surface area contributed by atoms with Gasteiger partial charge in [0.05, 0.1) is 0 Å². The van der Waals surface area contributed by atoms with Crippen LogP contribution in [0.1, 0.15) is 25.3 Å². The fourth-order valence-corrected chi connectivity index (χ4v) is 2.74. The first-order chi connectivity index (χ1) is 9.58. The number of anilines is 1. The molecule has 2 heterocycles. The predicted molar refractivity (Wildman–Crippen MR) is 82.9 cm³/mol. The minimum Gasteiger partial charge on any atom is -0.344 e. The van der Waals surface area contributed by atoms with Crippen LogP contribution in [0.2, 0.25) is 0 Å². The van der Waals surface area contributed by atoms with Crippen molar-refractivity contribution in [3.05, 3.63) is 18.0 Å². The van der Waals surface area contributed by atoms with Gasteiger partial charge in [-0.15, -0.1) is 0 Å². The van der Waals surface area contributed by atoms with Crippen LogP contribution >= 0.6 is 0 Å². The molecule has 1 aromatic rings. The highest BCUT2D eigenvalue weighted by Crippen LogP contribution is 2.17. The Hall–Kier alpha value is -1.20. The molecule has 20 heavy (non-hydrogen) atoms. The first kappa shape index (κ1) is 15.2. The van der Waals surface area contributed by atoms with Crippen molar-refractivity contribution in [3.63, 3.8) is 0 Å². The molecule has 1 aliphatic rings. The Labute approximate surface area is 122 Å². The molecule has 0 amide bonds. The Kier molecular flexibility index (Phi) is 5.31. The third-order valence-electron chi connectivity index (χ3n) is 4.08. The topological polar surface area (TPSA) is 58.3 Å². The molecule has 5 nitrogen and oxygen atoms in total. The highest BCUT2D eigenvalue weighted by molar-refractivity contribution is 5.28. The number of aromatic nitrogens is 2. The van der Waals surface area contributed by atoms with Gasteiger partial charge in [0.1, 0.15) is 0 Å². The lowest BCUT2D eigenvalue weighted by atomic mass is 10.1. The summed E-state index contributed by atoms with van der Waals surface area (Å²) in [6, 6.07) is 0.205. The van der Waals surface area contributed by atoms with E-state index in [-0.39, 0.29) is 6.04 Å². The molecule has 2 atom stereocenters. The van der Waals surface area contributed by atoms with Gasteiger partial charge < -0.3 is 15.5 Å². The van der Waals surface area contributed by atoms with Gasteiger partial charge in [0.25, 0.3) is 0 Å². The largest absolute Gasteiger partial charge is 0.344 e. The van der Waals surface area contributed by atoms with Gasteiger partial charge in [-0.25, -0.2) is 9.97 Å². The molecule has 0 bridgehead atoms. The maximum absolute atomic E-state index is 5.95. The second-order valence-corrected chi connectivity index (χ2v) is 6.06. The summed E-state index contributed by atoms with van der Waals surface area (Å²) in [5.41, 5.74) is 7.08. The van der Waals surface area contributed by atoms with Gasteiger partial charge in [-0.2, -0.15) is 0 Å². The lowest BCUT2D eigenvalue weighted by Crippen LogP contribution is -2.28. The maximum atomic E-state index is 5.95. The summed E-state index contributed by atoms with van der Waals surface area (Å²) in [5, 5.41) is 0. The Morgan fingerprint density at radius 1 is 1.45 bits per heavy atom. The van der Waals surface area contributed by atoms with Crippen LogP contribution in [-0.4, -0.2) is 54.6 Å². The molecule has 2 unspecified atom stereocenters. The highest BCUT2D eigenvalue weighted by Gasteiger charge is 2.21. The third-order valence-corrected chi connectivity index (χ3v) is 4.08. The molecule has 2 N–H and O–H groups in total. The summed E-state index contributed by atoms with van der Waals surface area (Å²) in [5.74, 6) is 1.54. The van der Waals surface area contributed by atoms with E-state index in [0.717, 1.165) is 36.8 Å². The van der Waals surface area contributed by atoms with Crippen molar-refractivity contribution >= 4 is 5.95 Å². The summed E-state index contributed by atoms with van der Waals surface area (Å²) in [7, 11) is 4.26. The summed E-state index contributed by atoms with van der Waals surface area (Å²) < 4.78 is 0. The Morgan fingerprint density at radius 2 is 2.15 bits per heavy atom. The Morgan fingerprint density at radius 3 is 2.70 bits per heavy atom. The summed E-state index contributed by atoms with van der Waals surface area (Å²) >= 11 is 0. The molecule has 0 aromatic carbocycles. The van der Waals surface area contributed by atoms with Gasteiger partial charge in [0, 0.05) is 38.6 Å². The van der Waals surface area contributed by atoms with E-state index >= 15 is 0 Å². The Balaban J connectivity index is 1.88. The average molecular weight is 277 g/mol. The van der Waals surface area contributed by atoms with Gasteiger partial charge in [-0.3, -0.25) is 0 Å². The SMILES string of the molecule is CCC(N)Cc1cnc(N(C)CC2CCN(C)C2)nc1. The van der Waals surface area contributed by atoms with Crippen LogP contribution in [-0.2, 0) is 6.42 Å². The standard InChI is InChI=1S/C15H27N5/c1-4-14(16)7-13-8-17-15(18-9-13)20(3)11-12-5-6-19(2)10-12/h8-9,12,14H,4-7,10-11,16H2,1-3H3. The van der Waals surface area contributed by atoms with Crippen LogP contribution in [0.3, 0.4) is 0 Å². The fourth-order valence-electron chi connectivity index (χ4n) is 2.74. The first-order valence-corrected chi connectivity index (χ1v) is 7.54. The molecule has 112 valence electrons. The lowest BCUT2D eigenvalue weighted by Gasteiger charge is -2.21. The molecular formula is C15H27N5. The van der Waals surface area contributed by atoms with Gasteiger partial charge in [-0.1, -0.05) is 6.92 Å². The molecule has 1 aliphatic heterocycles. The zero-order chi connectivity index (χ0) is 14.5. The molecule has 0 radical (unpaired) electrons. The molecule has 2 rings (SSSR count). The van der Waals surface area contributed by atoms with E-state index in [0.29, 0.717) is 0 Å². The number of likely N-dealkylation sites (tertiary alicyclic amines) is 1. The van der Waals surface area contributed by atoms with Gasteiger partial charge in [0.2, 0.25) is 5.95 Å². The molecule has 0 saturated carbocycles. The predicted octanol–water partition coefficient (Wildman–Crippen LogP) is 1.14. The zero-order valence-electron chi connectivity index (χ0n) is 12.9. The molecule has 0 aliphatic carbocycles. The normalized spacial score (nSPS) is 21.1. The minimum absolute atomic E-state index is 0.205. The zero-order valence-corrected chi connectivity index (χ0v) is 12.9. The summed E-state index contributed by atoms with van der Waals surface area (Å²) in [6.45, 7) is 5.51. The number of hydrogen-bond acceptors (Lipinski definition) is 5. The number of nitrogens with zero attached hydrogens (tertiary/aromatic N) is 4. The number of rotatable bonds is 6. The molecule has 1 fully saturated rings. The van der Waals surface area contributed by atoms with Gasteiger partial charge in [-0.05, 0) is 44.3 Å².